The third kappa shape index (κ3) is 16.1. The average Bonchev–Trinajstić information content (AvgIpc) is 2.51. The maximum absolute atomic E-state index is 5.72. The lowest BCUT2D eigenvalue weighted by molar-refractivity contribution is 0.118. The fourth-order valence-electron chi connectivity index (χ4n) is 2.72. The standard InChI is InChI=1S/C19H41NO/c1-4-7-8-9-10-11-12-13-14-15-18-21-19-16-17-20(5-2)6-3/h4-19H2,1-3H3. The zero-order valence-electron chi connectivity index (χ0n) is 15.2. The molecular weight excluding hydrogens is 258 g/mol. The monoisotopic (exact) mass is 299 g/mol. The number of ether oxygens (including phenoxy) is 1. The van der Waals surface area contributed by atoms with E-state index >= 15 is 0 Å². The molecule has 0 unspecified atom stereocenters. The molecule has 2 nitrogen and oxygen atoms in total. The van der Waals surface area contributed by atoms with Crippen molar-refractivity contribution in [1.29, 1.82) is 0 Å². The van der Waals surface area contributed by atoms with Gasteiger partial charge >= 0.3 is 0 Å². The molecule has 0 heterocycles. The van der Waals surface area contributed by atoms with Gasteiger partial charge in [-0.1, -0.05) is 78.6 Å². The van der Waals surface area contributed by atoms with Crippen molar-refractivity contribution in [2.24, 2.45) is 0 Å². The molecule has 0 rings (SSSR count). The lowest BCUT2D eigenvalue weighted by Gasteiger charge is -2.17. The highest BCUT2D eigenvalue weighted by Gasteiger charge is 1.98. The third-order valence-corrected chi connectivity index (χ3v) is 4.30. The summed E-state index contributed by atoms with van der Waals surface area (Å²) < 4.78 is 5.72. The Labute approximate surface area is 134 Å². The largest absolute Gasteiger partial charge is 0.381 e. The normalized spacial score (nSPS) is 11.4. The highest BCUT2D eigenvalue weighted by atomic mass is 16.5. The van der Waals surface area contributed by atoms with Crippen LogP contribution >= 0.6 is 0 Å². The van der Waals surface area contributed by atoms with Crippen LogP contribution in [0.4, 0.5) is 0 Å². The molecule has 0 fully saturated rings. The second-order valence-corrected chi connectivity index (χ2v) is 6.17. The van der Waals surface area contributed by atoms with Crippen LogP contribution in [0.1, 0.15) is 91.4 Å². The molecule has 0 aromatic rings. The quantitative estimate of drug-likeness (QED) is 0.321. The van der Waals surface area contributed by atoms with Gasteiger partial charge in [0, 0.05) is 19.8 Å². The first-order valence-corrected chi connectivity index (χ1v) is 9.65. The van der Waals surface area contributed by atoms with E-state index in [1.807, 2.05) is 0 Å². The zero-order valence-corrected chi connectivity index (χ0v) is 15.2. The van der Waals surface area contributed by atoms with E-state index < -0.39 is 0 Å². The molecule has 2 heteroatoms. The Kier molecular flexibility index (Phi) is 17.9. The summed E-state index contributed by atoms with van der Waals surface area (Å²) in [5, 5.41) is 0. The number of rotatable bonds is 17. The van der Waals surface area contributed by atoms with Crippen LogP contribution < -0.4 is 0 Å². The van der Waals surface area contributed by atoms with Gasteiger partial charge in [0.05, 0.1) is 0 Å². The lowest BCUT2D eigenvalue weighted by Crippen LogP contribution is -2.24. The highest BCUT2D eigenvalue weighted by molar-refractivity contribution is 4.52. The number of nitrogens with zero attached hydrogens (tertiary/aromatic N) is 1. The zero-order chi connectivity index (χ0) is 15.6. The highest BCUT2D eigenvalue weighted by Crippen LogP contribution is 2.10. The van der Waals surface area contributed by atoms with Gasteiger partial charge in [-0.2, -0.15) is 0 Å². The Morgan fingerprint density at radius 1 is 0.571 bits per heavy atom. The maximum atomic E-state index is 5.72. The molecule has 0 aromatic carbocycles. The van der Waals surface area contributed by atoms with Gasteiger partial charge in [0.25, 0.3) is 0 Å². The third-order valence-electron chi connectivity index (χ3n) is 4.30. The van der Waals surface area contributed by atoms with Crippen LogP contribution in [0.5, 0.6) is 0 Å². The van der Waals surface area contributed by atoms with Gasteiger partial charge in [-0.15, -0.1) is 0 Å². The second kappa shape index (κ2) is 18.0. The van der Waals surface area contributed by atoms with Gasteiger partial charge in [-0.3, -0.25) is 0 Å². The summed E-state index contributed by atoms with van der Waals surface area (Å²) in [6, 6.07) is 0. The predicted octanol–water partition coefficient (Wildman–Crippen LogP) is 5.66. The van der Waals surface area contributed by atoms with E-state index in [1.54, 1.807) is 0 Å². The molecule has 0 aliphatic rings. The minimum absolute atomic E-state index is 0.938. The Morgan fingerprint density at radius 3 is 1.57 bits per heavy atom. The molecule has 128 valence electrons. The Bertz CT molecular complexity index is 180. The molecule has 0 atom stereocenters. The Hall–Kier alpha value is -0.0800. The topological polar surface area (TPSA) is 12.5 Å². The van der Waals surface area contributed by atoms with Crippen LogP contribution in [0.15, 0.2) is 0 Å². The lowest BCUT2D eigenvalue weighted by atomic mass is 10.1. The van der Waals surface area contributed by atoms with Crippen LogP contribution in [0.25, 0.3) is 0 Å². The van der Waals surface area contributed by atoms with Crippen molar-refractivity contribution in [3.63, 3.8) is 0 Å². The van der Waals surface area contributed by atoms with E-state index in [4.69, 9.17) is 4.74 Å². The molecule has 0 saturated carbocycles. The van der Waals surface area contributed by atoms with Gasteiger partial charge in [-0.05, 0) is 25.9 Å². The fraction of sp³-hybridized carbons (Fsp3) is 1.00. The summed E-state index contributed by atoms with van der Waals surface area (Å²) in [5.74, 6) is 0. The first kappa shape index (κ1) is 20.9. The van der Waals surface area contributed by atoms with Crippen LogP contribution in [-0.2, 0) is 4.74 Å². The number of unbranched alkanes of at least 4 members (excludes halogenated alkanes) is 9. The predicted molar refractivity (Wildman–Crippen MR) is 95.1 cm³/mol. The summed E-state index contributed by atoms with van der Waals surface area (Å²) in [5.41, 5.74) is 0. The van der Waals surface area contributed by atoms with Crippen LogP contribution in [0.3, 0.4) is 0 Å². The molecule has 0 spiro atoms. The Morgan fingerprint density at radius 2 is 1.05 bits per heavy atom. The summed E-state index contributed by atoms with van der Waals surface area (Å²) in [6.07, 6.45) is 15.2. The summed E-state index contributed by atoms with van der Waals surface area (Å²) in [4.78, 5) is 2.46. The molecule has 0 aliphatic carbocycles. The van der Waals surface area contributed by atoms with Gasteiger partial charge < -0.3 is 9.64 Å². The van der Waals surface area contributed by atoms with Gasteiger partial charge in [0.1, 0.15) is 0 Å². The first-order valence-electron chi connectivity index (χ1n) is 9.65. The Balaban J connectivity index is 3.02. The van der Waals surface area contributed by atoms with Crippen molar-refractivity contribution >= 4 is 0 Å². The van der Waals surface area contributed by atoms with E-state index in [-0.39, 0.29) is 0 Å². The maximum Gasteiger partial charge on any atom is 0.0478 e. The van der Waals surface area contributed by atoms with Crippen molar-refractivity contribution in [3.8, 4) is 0 Å². The molecule has 0 radical (unpaired) electrons. The number of hydrogen-bond acceptors (Lipinski definition) is 2. The molecule has 0 bridgehead atoms. The van der Waals surface area contributed by atoms with E-state index in [9.17, 15) is 0 Å². The molecule has 0 aliphatic heterocycles. The van der Waals surface area contributed by atoms with Gasteiger partial charge in [0.15, 0.2) is 0 Å². The number of hydrogen-bond donors (Lipinski definition) is 0. The van der Waals surface area contributed by atoms with Crippen molar-refractivity contribution in [1.82, 2.24) is 4.90 Å². The van der Waals surface area contributed by atoms with Crippen molar-refractivity contribution in [3.05, 3.63) is 0 Å². The molecule has 0 N–H and O–H groups in total. The van der Waals surface area contributed by atoms with E-state index in [1.165, 1.54) is 77.2 Å². The van der Waals surface area contributed by atoms with Gasteiger partial charge in [-0.25, -0.2) is 0 Å². The van der Waals surface area contributed by atoms with Crippen LogP contribution in [0, 0.1) is 0 Å². The molecule has 0 saturated heterocycles. The SMILES string of the molecule is CCCCCCCCCCCCOCCCN(CC)CC. The molecule has 0 aromatic heterocycles. The smallest absolute Gasteiger partial charge is 0.0478 e. The molecular formula is C19H41NO. The van der Waals surface area contributed by atoms with Crippen molar-refractivity contribution in [2.45, 2.75) is 91.4 Å². The molecule has 21 heavy (non-hydrogen) atoms. The van der Waals surface area contributed by atoms with Crippen molar-refractivity contribution < 1.29 is 4.74 Å². The van der Waals surface area contributed by atoms with Crippen LogP contribution in [0.2, 0.25) is 0 Å². The van der Waals surface area contributed by atoms with Gasteiger partial charge in [0.2, 0.25) is 0 Å². The van der Waals surface area contributed by atoms with E-state index in [0.717, 1.165) is 26.3 Å². The van der Waals surface area contributed by atoms with E-state index in [0.29, 0.717) is 0 Å². The fourth-order valence-corrected chi connectivity index (χ4v) is 2.72. The van der Waals surface area contributed by atoms with Crippen LogP contribution in [-0.4, -0.2) is 37.7 Å². The minimum Gasteiger partial charge on any atom is -0.381 e. The summed E-state index contributed by atoms with van der Waals surface area (Å²) in [6.45, 7) is 12.2. The molecule has 0 amide bonds. The van der Waals surface area contributed by atoms with E-state index in [2.05, 4.69) is 25.7 Å². The summed E-state index contributed by atoms with van der Waals surface area (Å²) >= 11 is 0. The van der Waals surface area contributed by atoms with Crippen molar-refractivity contribution in [2.75, 3.05) is 32.8 Å². The first-order chi connectivity index (χ1) is 10.3. The second-order valence-electron chi connectivity index (χ2n) is 6.17. The average molecular weight is 300 g/mol. The summed E-state index contributed by atoms with van der Waals surface area (Å²) in [7, 11) is 0. The minimum atomic E-state index is 0.938.